The zero-order valence-electron chi connectivity index (χ0n) is 10.8. The minimum atomic E-state index is 0.290. The van der Waals surface area contributed by atoms with Gasteiger partial charge in [-0.1, -0.05) is 0 Å². The fourth-order valence-electron chi connectivity index (χ4n) is 1.97. The van der Waals surface area contributed by atoms with Crippen LogP contribution in [0.1, 0.15) is 35.5 Å². The van der Waals surface area contributed by atoms with Gasteiger partial charge in [0.1, 0.15) is 0 Å². The van der Waals surface area contributed by atoms with Crippen LogP contribution in [0.2, 0.25) is 0 Å². The average molecular weight is 233 g/mol. The molecule has 0 saturated carbocycles. The largest absolute Gasteiger partial charge is 0.306 e. The molecule has 92 valence electrons. The van der Waals surface area contributed by atoms with Crippen LogP contribution in [0.4, 0.5) is 0 Å². The van der Waals surface area contributed by atoms with Crippen LogP contribution in [0, 0.1) is 13.8 Å². The average Bonchev–Trinajstić information content (AvgIpc) is 2.81. The Morgan fingerprint density at radius 2 is 2.24 bits per heavy atom. The quantitative estimate of drug-likeness (QED) is 0.843. The van der Waals surface area contributed by atoms with Crippen LogP contribution in [0.15, 0.2) is 12.4 Å². The Kier molecular flexibility index (Phi) is 3.28. The summed E-state index contributed by atoms with van der Waals surface area (Å²) in [7, 11) is 1.95. The lowest BCUT2D eigenvalue weighted by molar-refractivity contribution is 0.571. The number of hydrogen-bond acceptors (Lipinski definition) is 3. The van der Waals surface area contributed by atoms with E-state index in [2.05, 4.69) is 33.7 Å². The Morgan fingerprint density at radius 1 is 1.47 bits per heavy atom. The monoisotopic (exact) mass is 233 g/mol. The molecule has 0 bridgehead atoms. The van der Waals surface area contributed by atoms with Crippen molar-refractivity contribution in [1.29, 1.82) is 0 Å². The van der Waals surface area contributed by atoms with Gasteiger partial charge in [-0.15, -0.1) is 0 Å². The molecule has 5 nitrogen and oxygen atoms in total. The molecule has 0 aliphatic heterocycles. The summed E-state index contributed by atoms with van der Waals surface area (Å²) in [6, 6.07) is 0.290. The van der Waals surface area contributed by atoms with E-state index in [1.165, 1.54) is 11.1 Å². The molecule has 0 saturated heterocycles. The van der Waals surface area contributed by atoms with Gasteiger partial charge in [0, 0.05) is 42.7 Å². The van der Waals surface area contributed by atoms with Crippen molar-refractivity contribution in [2.24, 2.45) is 7.05 Å². The van der Waals surface area contributed by atoms with Crippen molar-refractivity contribution in [2.45, 2.75) is 33.4 Å². The smallest absolute Gasteiger partial charge is 0.0641 e. The maximum atomic E-state index is 4.35. The summed E-state index contributed by atoms with van der Waals surface area (Å²) in [5.74, 6) is 0. The highest BCUT2D eigenvalue weighted by Gasteiger charge is 2.11. The predicted molar refractivity (Wildman–Crippen MR) is 66.5 cm³/mol. The molecule has 2 rings (SSSR count). The Balaban J connectivity index is 2.00. The van der Waals surface area contributed by atoms with E-state index in [4.69, 9.17) is 0 Å². The van der Waals surface area contributed by atoms with E-state index in [0.29, 0.717) is 0 Å². The molecule has 17 heavy (non-hydrogen) atoms. The second kappa shape index (κ2) is 4.71. The zero-order valence-corrected chi connectivity index (χ0v) is 10.8. The molecule has 1 unspecified atom stereocenters. The van der Waals surface area contributed by atoms with Gasteiger partial charge in [0.2, 0.25) is 0 Å². The first kappa shape index (κ1) is 11.9. The summed E-state index contributed by atoms with van der Waals surface area (Å²) in [4.78, 5) is 0. The summed E-state index contributed by atoms with van der Waals surface area (Å²) < 4.78 is 1.85. The van der Waals surface area contributed by atoms with Crippen molar-refractivity contribution in [3.63, 3.8) is 0 Å². The SMILES string of the molecule is Cc1nn(C)cc1C(C)NCc1cn[nH]c1C. The van der Waals surface area contributed by atoms with Gasteiger partial charge in [0.25, 0.3) is 0 Å². The molecule has 0 aliphatic carbocycles. The van der Waals surface area contributed by atoms with Gasteiger partial charge in [-0.25, -0.2) is 0 Å². The van der Waals surface area contributed by atoms with Crippen LogP contribution in [-0.4, -0.2) is 20.0 Å². The van der Waals surface area contributed by atoms with E-state index in [1.807, 2.05) is 31.8 Å². The van der Waals surface area contributed by atoms with Crippen molar-refractivity contribution >= 4 is 0 Å². The van der Waals surface area contributed by atoms with Gasteiger partial charge in [-0.05, 0) is 20.8 Å². The molecule has 2 N–H and O–H groups in total. The van der Waals surface area contributed by atoms with Crippen molar-refractivity contribution in [1.82, 2.24) is 25.3 Å². The van der Waals surface area contributed by atoms with Gasteiger partial charge < -0.3 is 5.32 Å². The Labute approximate surface area is 101 Å². The van der Waals surface area contributed by atoms with E-state index in [-0.39, 0.29) is 6.04 Å². The van der Waals surface area contributed by atoms with Crippen molar-refractivity contribution < 1.29 is 0 Å². The molecule has 0 aliphatic rings. The minimum Gasteiger partial charge on any atom is -0.306 e. The Hall–Kier alpha value is -1.62. The standard InChI is InChI=1S/C12H19N5/c1-8-11(6-14-15-8)5-13-9(2)12-7-17(4)16-10(12)3/h6-7,9,13H,5H2,1-4H3,(H,14,15). The number of hydrogen-bond donors (Lipinski definition) is 2. The second-order valence-electron chi connectivity index (χ2n) is 4.47. The highest BCUT2D eigenvalue weighted by Crippen LogP contribution is 2.16. The molecule has 0 radical (unpaired) electrons. The van der Waals surface area contributed by atoms with Crippen LogP contribution in [-0.2, 0) is 13.6 Å². The molecular formula is C12H19N5. The van der Waals surface area contributed by atoms with Crippen molar-refractivity contribution in [2.75, 3.05) is 0 Å². The minimum absolute atomic E-state index is 0.290. The normalized spacial score (nSPS) is 12.9. The maximum Gasteiger partial charge on any atom is 0.0641 e. The molecule has 0 spiro atoms. The highest BCUT2D eigenvalue weighted by atomic mass is 15.3. The van der Waals surface area contributed by atoms with Gasteiger partial charge >= 0.3 is 0 Å². The highest BCUT2D eigenvalue weighted by molar-refractivity contribution is 5.20. The molecule has 5 heteroatoms. The number of nitrogens with one attached hydrogen (secondary N) is 2. The second-order valence-corrected chi connectivity index (χ2v) is 4.47. The summed E-state index contributed by atoms with van der Waals surface area (Å²) in [6.07, 6.45) is 3.93. The molecule has 0 aromatic carbocycles. The first-order valence-electron chi connectivity index (χ1n) is 5.80. The molecule has 0 fully saturated rings. The van der Waals surface area contributed by atoms with Gasteiger partial charge in [0.15, 0.2) is 0 Å². The third kappa shape index (κ3) is 2.55. The van der Waals surface area contributed by atoms with Crippen molar-refractivity contribution in [3.8, 4) is 0 Å². The zero-order chi connectivity index (χ0) is 12.4. The first-order chi connectivity index (χ1) is 8.08. The lowest BCUT2D eigenvalue weighted by Gasteiger charge is -2.12. The summed E-state index contributed by atoms with van der Waals surface area (Å²) in [6.45, 7) is 7.04. The number of rotatable bonds is 4. The van der Waals surface area contributed by atoms with E-state index in [9.17, 15) is 0 Å². The summed E-state index contributed by atoms with van der Waals surface area (Å²) in [5, 5.41) is 14.8. The molecule has 0 amide bonds. The number of H-pyrrole nitrogens is 1. The fourth-order valence-corrected chi connectivity index (χ4v) is 1.97. The van der Waals surface area contributed by atoms with E-state index in [1.54, 1.807) is 0 Å². The lowest BCUT2D eigenvalue weighted by atomic mass is 10.1. The Bertz CT molecular complexity index is 497. The Morgan fingerprint density at radius 3 is 2.76 bits per heavy atom. The van der Waals surface area contributed by atoms with Gasteiger partial charge in [-0.3, -0.25) is 9.78 Å². The molecule has 2 heterocycles. The summed E-state index contributed by atoms with van der Waals surface area (Å²) >= 11 is 0. The van der Waals surface area contributed by atoms with Gasteiger partial charge in [0.05, 0.1) is 11.9 Å². The lowest BCUT2D eigenvalue weighted by Crippen LogP contribution is -2.18. The maximum absolute atomic E-state index is 4.35. The van der Waals surface area contributed by atoms with E-state index >= 15 is 0 Å². The summed E-state index contributed by atoms with van der Waals surface area (Å²) in [5.41, 5.74) is 4.65. The third-order valence-electron chi connectivity index (χ3n) is 3.05. The number of aryl methyl sites for hydroxylation is 3. The van der Waals surface area contributed by atoms with E-state index in [0.717, 1.165) is 17.9 Å². The van der Waals surface area contributed by atoms with Crippen LogP contribution < -0.4 is 5.32 Å². The fraction of sp³-hybridized carbons (Fsp3) is 0.500. The van der Waals surface area contributed by atoms with Gasteiger partial charge in [-0.2, -0.15) is 10.2 Å². The molecule has 2 aromatic heterocycles. The van der Waals surface area contributed by atoms with Crippen LogP contribution >= 0.6 is 0 Å². The van der Waals surface area contributed by atoms with Crippen LogP contribution in [0.5, 0.6) is 0 Å². The van der Waals surface area contributed by atoms with Crippen LogP contribution in [0.3, 0.4) is 0 Å². The van der Waals surface area contributed by atoms with E-state index < -0.39 is 0 Å². The molecule has 1 atom stereocenters. The predicted octanol–water partition coefficient (Wildman–Crippen LogP) is 1.61. The molecular weight excluding hydrogens is 214 g/mol. The first-order valence-corrected chi connectivity index (χ1v) is 5.80. The number of aromatic amines is 1. The topological polar surface area (TPSA) is 58.5 Å². The molecule has 2 aromatic rings. The van der Waals surface area contributed by atoms with Crippen molar-refractivity contribution in [3.05, 3.63) is 34.9 Å². The third-order valence-corrected chi connectivity index (χ3v) is 3.05. The van der Waals surface area contributed by atoms with Crippen LogP contribution in [0.25, 0.3) is 0 Å². The number of aromatic nitrogens is 4. The number of nitrogens with zero attached hydrogens (tertiary/aromatic N) is 3.